The van der Waals surface area contributed by atoms with Gasteiger partial charge in [0.15, 0.2) is 11.5 Å². The molecule has 2 saturated heterocycles. The molecule has 0 spiro atoms. The summed E-state index contributed by atoms with van der Waals surface area (Å²) in [6, 6.07) is 31.4. The fraction of sp³-hybridized carbons (Fsp3) is 0.176. The van der Waals surface area contributed by atoms with Crippen LogP contribution in [-0.4, -0.2) is 59.6 Å². The van der Waals surface area contributed by atoms with E-state index in [1.807, 2.05) is 42.5 Å². The van der Waals surface area contributed by atoms with Crippen molar-refractivity contribution >= 4 is 22.8 Å². The van der Waals surface area contributed by atoms with Crippen LogP contribution in [0.5, 0.6) is 0 Å². The van der Waals surface area contributed by atoms with Gasteiger partial charge in [-0.3, -0.25) is 9.47 Å². The number of nitrogen functional groups attached to an aromatic ring is 1. The van der Waals surface area contributed by atoms with Crippen molar-refractivity contribution in [2.24, 2.45) is 0 Å². The molecule has 10 nitrogen and oxygen atoms in total. The lowest BCUT2D eigenvalue weighted by Crippen LogP contribution is -2.46. The number of benzene rings is 2. The Morgan fingerprint density at radius 3 is 2.50 bits per heavy atom. The van der Waals surface area contributed by atoms with E-state index in [0.717, 1.165) is 65.5 Å². The Labute approximate surface area is 254 Å². The molecule has 214 valence electrons. The van der Waals surface area contributed by atoms with Gasteiger partial charge in [0.1, 0.15) is 35.2 Å². The molecular formula is C34H28N10. The van der Waals surface area contributed by atoms with Crippen LogP contribution in [0.15, 0.2) is 97.5 Å². The van der Waals surface area contributed by atoms with E-state index in [0.29, 0.717) is 29.4 Å². The highest BCUT2D eigenvalue weighted by Crippen LogP contribution is 2.35. The first-order valence-corrected chi connectivity index (χ1v) is 14.6. The van der Waals surface area contributed by atoms with Crippen LogP contribution < -0.4 is 10.6 Å². The largest absolute Gasteiger partial charge is 0.383 e. The second-order valence-corrected chi connectivity index (χ2v) is 11.3. The Kier molecular flexibility index (Phi) is 6.24. The molecule has 6 heterocycles. The van der Waals surface area contributed by atoms with Crippen LogP contribution in [0, 0.1) is 11.3 Å². The van der Waals surface area contributed by atoms with Crippen LogP contribution >= 0.6 is 0 Å². The number of pyridine rings is 2. The maximum absolute atomic E-state index is 9.24. The minimum absolute atomic E-state index is 0.385. The number of imidazole rings is 1. The summed E-state index contributed by atoms with van der Waals surface area (Å²) in [5, 5.41) is 9.24. The molecule has 2 N–H and O–H groups in total. The molecule has 44 heavy (non-hydrogen) atoms. The van der Waals surface area contributed by atoms with Crippen molar-refractivity contribution in [2.75, 3.05) is 23.7 Å². The van der Waals surface area contributed by atoms with E-state index < -0.39 is 0 Å². The fourth-order valence-electron chi connectivity index (χ4n) is 6.53. The minimum atomic E-state index is 0.385. The third kappa shape index (κ3) is 4.51. The SMILES string of the molecule is N#Cc1cc(N2C[C@H]3C[C@@H]2CN3Cc2ccc(-n3c(-c4cccnc4N)nc4ccc(-c5ccccc5)nc43)cc2)ncn1. The summed E-state index contributed by atoms with van der Waals surface area (Å²) in [5.41, 5.74) is 13.2. The summed E-state index contributed by atoms with van der Waals surface area (Å²) in [4.78, 5) is 27.7. The normalized spacial score (nSPS) is 17.8. The predicted octanol–water partition coefficient (Wildman–Crippen LogP) is 4.86. The Hall–Kier alpha value is -5.66. The number of rotatable bonds is 6. The highest BCUT2D eigenvalue weighted by molar-refractivity contribution is 5.84. The smallest absolute Gasteiger partial charge is 0.165 e. The summed E-state index contributed by atoms with van der Waals surface area (Å²) in [7, 11) is 0. The first-order valence-electron chi connectivity index (χ1n) is 14.6. The van der Waals surface area contributed by atoms with Crippen molar-refractivity contribution in [1.29, 1.82) is 5.26 Å². The lowest BCUT2D eigenvalue weighted by atomic mass is 10.1. The zero-order chi connectivity index (χ0) is 29.6. The van der Waals surface area contributed by atoms with Crippen molar-refractivity contribution in [3.63, 3.8) is 0 Å². The van der Waals surface area contributed by atoms with Crippen molar-refractivity contribution in [1.82, 2.24) is 34.4 Å². The minimum Gasteiger partial charge on any atom is -0.383 e. The number of hydrogen-bond acceptors (Lipinski definition) is 9. The molecule has 2 aliphatic rings. The highest BCUT2D eigenvalue weighted by atomic mass is 15.4. The molecule has 0 amide bonds. The summed E-state index contributed by atoms with van der Waals surface area (Å²) in [6.07, 6.45) is 4.26. The third-order valence-electron chi connectivity index (χ3n) is 8.65. The molecule has 2 aromatic carbocycles. The quantitative estimate of drug-likeness (QED) is 0.296. The number of piperazine rings is 1. The number of hydrogen-bond donors (Lipinski definition) is 1. The fourth-order valence-corrected chi connectivity index (χ4v) is 6.53. The van der Waals surface area contributed by atoms with Gasteiger partial charge in [0, 0.05) is 55.2 Å². The van der Waals surface area contributed by atoms with Crippen molar-refractivity contribution < 1.29 is 0 Å². The molecule has 2 fully saturated rings. The Morgan fingerprint density at radius 1 is 0.864 bits per heavy atom. The number of fused-ring (bicyclic) bond motifs is 3. The van der Waals surface area contributed by atoms with Crippen molar-refractivity contribution in [3.8, 4) is 34.4 Å². The molecule has 6 aromatic rings. The molecular weight excluding hydrogens is 548 g/mol. The zero-order valence-corrected chi connectivity index (χ0v) is 23.8. The molecule has 2 bridgehead atoms. The Bertz CT molecular complexity index is 2030. The lowest BCUT2D eigenvalue weighted by Gasteiger charge is -2.34. The predicted molar refractivity (Wildman–Crippen MR) is 169 cm³/mol. The lowest BCUT2D eigenvalue weighted by molar-refractivity contribution is 0.230. The van der Waals surface area contributed by atoms with Crippen LogP contribution in [0.2, 0.25) is 0 Å². The van der Waals surface area contributed by atoms with E-state index in [1.54, 1.807) is 12.3 Å². The first kappa shape index (κ1) is 26.0. The molecule has 2 aliphatic heterocycles. The number of nitrogens with zero attached hydrogens (tertiary/aromatic N) is 9. The van der Waals surface area contributed by atoms with E-state index >= 15 is 0 Å². The average molecular weight is 577 g/mol. The molecule has 4 aromatic heterocycles. The second kappa shape index (κ2) is 10.6. The highest BCUT2D eigenvalue weighted by Gasteiger charge is 2.43. The number of likely N-dealkylation sites (tertiary alicyclic amines) is 1. The molecule has 10 heteroatoms. The third-order valence-corrected chi connectivity index (χ3v) is 8.65. The maximum atomic E-state index is 9.24. The van der Waals surface area contributed by atoms with Crippen LogP contribution in [-0.2, 0) is 6.54 Å². The molecule has 0 unspecified atom stereocenters. The summed E-state index contributed by atoms with van der Waals surface area (Å²) < 4.78 is 2.08. The topological polar surface area (TPSA) is 126 Å². The summed E-state index contributed by atoms with van der Waals surface area (Å²) in [6.45, 7) is 2.73. The van der Waals surface area contributed by atoms with E-state index in [4.69, 9.17) is 15.7 Å². The van der Waals surface area contributed by atoms with Crippen LogP contribution in [0.1, 0.15) is 17.7 Å². The van der Waals surface area contributed by atoms with E-state index in [-0.39, 0.29) is 0 Å². The van der Waals surface area contributed by atoms with Crippen LogP contribution in [0.25, 0.3) is 39.5 Å². The standard InChI is InChI=1S/C34H28N10/c35-17-24-15-31(39-21-38-24)43-20-26-16-27(43)19-42(26)18-22-8-10-25(11-9-22)44-33(28-7-4-14-37-32(28)36)41-30-13-12-29(40-34(30)44)23-5-2-1-3-6-23/h1-15,21,26-27H,16,18-20H2,(H2,36,37)/t26-,27-/m1/s1. The number of nitriles is 1. The second-order valence-electron chi connectivity index (χ2n) is 11.3. The van der Waals surface area contributed by atoms with Gasteiger partial charge in [0.25, 0.3) is 0 Å². The average Bonchev–Trinajstić information content (AvgIpc) is 3.78. The molecule has 2 atom stereocenters. The summed E-state index contributed by atoms with van der Waals surface area (Å²) >= 11 is 0. The number of aromatic nitrogens is 6. The monoisotopic (exact) mass is 576 g/mol. The van der Waals surface area contributed by atoms with Gasteiger partial charge in [-0.25, -0.2) is 24.9 Å². The van der Waals surface area contributed by atoms with Crippen LogP contribution in [0.3, 0.4) is 0 Å². The van der Waals surface area contributed by atoms with Gasteiger partial charge in [-0.2, -0.15) is 5.26 Å². The molecule has 0 saturated carbocycles. The van der Waals surface area contributed by atoms with Gasteiger partial charge in [0.2, 0.25) is 0 Å². The van der Waals surface area contributed by atoms with Crippen LogP contribution in [0.4, 0.5) is 11.6 Å². The van der Waals surface area contributed by atoms with Gasteiger partial charge in [-0.1, -0.05) is 42.5 Å². The van der Waals surface area contributed by atoms with Gasteiger partial charge in [-0.05, 0) is 48.4 Å². The van der Waals surface area contributed by atoms with Crippen molar-refractivity contribution in [2.45, 2.75) is 25.0 Å². The van der Waals surface area contributed by atoms with Gasteiger partial charge in [0.05, 0.1) is 11.3 Å². The molecule has 0 aliphatic carbocycles. The summed E-state index contributed by atoms with van der Waals surface area (Å²) in [5.74, 6) is 1.97. The van der Waals surface area contributed by atoms with Gasteiger partial charge >= 0.3 is 0 Å². The first-order chi connectivity index (χ1) is 21.6. The Morgan fingerprint density at radius 2 is 1.73 bits per heavy atom. The van der Waals surface area contributed by atoms with Gasteiger partial charge in [-0.15, -0.1) is 0 Å². The zero-order valence-electron chi connectivity index (χ0n) is 23.8. The van der Waals surface area contributed by atoms with Gasteiger partial charge < -0.3 is 10.6 Å². The van der Waals surface area contributed by atoms with Crippen molar-refractivity contribution in [3.05, 3.63) is 109 Å². The number of anilines is 2. The maximum Gasteiger partial charge on any atom is 0.165 e. The van der Waals surface area contributed by atoms with E-state index in [1.165, 1.54) is 11.9 Å². The van der Waals surface area contributed by atoms with E-state index in [9.17, 15) is 5.26 Å². The molecule has 8 rings (SSSR count). The Balaban J connectivity index is 1.09. The molecule has 0 radical (unpaired) electrons. The number of nitrogens with two attached hydrogens (primary N) is 1. The van der Waals surface area contributed by atoms with E-state index in [2.05, 4.69) is 71.8 Å².